The maximum Gasteiger partial charge on any atom is 0.313 e. The maximum absolute atomic E-state index is 12.1. The number of ketones is 1. The molecule has 2 aromatic carbocycles. The Morgan fingerprint density at radius 3 is 1.61 bits per heavy atom. The van der Waals surface area contributed by atoms with Gasteiger partial charge in [-0.2, -0.15) is 0 Å². The van der Waals surface area contributed by atoms with Gasteiger partial charge in [0.05, 0.1) is 48.1 Å². The molecule has 12 nitrogen and oxygen atoms in total. The number of aryl methyl sites for hydroxylation is 1. The number of aromatic amines is 1. The predicted molar refractivity (Wildman–Crippen MR) is 130 cm³/mol. The van der Waals surface area contributed by atoms with Gasteiger partial charge in [0.1, 0.15) is 6.42 Å². The second-order valence-corrected chi connectivity index (χ2v) is 8.45. The molecule has 4 amide bonds. The van der Waals surface area contributed by atoms with Crippen LogP contribution in [0.15, 0.2) is 59.4 Å². The van der Waals surface area contributed by atoms with E-state index in [1.165, 1.54) is 22.9 Å². The minimum Gasteiger partial charge on any atom is -0.469 e. The largest absolute Gasteiger partial charge is 0.469 e. The van der Waals surface area contributed by atoms with Crippen LogP contribution in [0.2, 0.25) is 0 Å². The highest BCUT2D eigenvalue weighted by molar-refractivity contribution is 6.23. The minimum atomic E-state index is -0.693. The van der Waals surface area contributed by atoms with E-state index in [1.54, 1.807) is 43.4 Å². The molecule has 3 aromatic rings. The Labute approximate surface area is 215 Å². The summed E-state index contributed by atoms with van der Waals surface area (Å²) in [5.74, 6) is -2.92. The number of carbonyl (C=O) groups is 6. The highest BCUT2D eigenvalue weighted by atomic mass is 16.5. The number of esters is 1. The lowest BCUT2D eigenvalue weighted by Crippen LogP contribution is -2.35. The van der Waals surface area contributed by atoms with Crippen LogP contribution in [0.1, 0.15) is 53.5 Å². The average molecular weight is 518 g/mol. The van der Waals surface area contributed by atoms with Crippen LogP contribution in [-0.4, -0.2) is 68.6 Å². The quantitative estimate of drug-likeness (QED) is 0.287. The van der Waals surface area contributed by atoms with Crippen LogP contribution in [-0.2, 0) is 27.9 Å². The van der Waals surface area contributed by atoms with E-state index in [1.807, 2.05) is 0 Å². The van der Waals surface area contributed by atoms with E-state index in [9.17, 15) is 33.6 Å². The van der Waals surface area contributed by atoms with Crippen LogP contribution >= 0.6 is 0 Å². The Morgan fingerprint density at radius 1 is 0.763 bits per heavy atom. The van der Waals surface area contributed by atoms with Crippen molar-refractivity contribution in [3.63, 3.8) is 0 Å². The van der Waals surface area contributed by atoms with E-state index < -0.39 is 36.5 Å². The number of methoxy groups -OCH3 is 1. The van der Waals surface area contributed by atoms with Crippen molar-refractivity contribution in [3.05, 3.63) is 92.9 Å². The number of rotatable bonds is 6. The molecule has 0 unspecified atom stereocenters. The van der Waals surface area contributed by atoms with Crippen molar-refractivity contribution < 1.29 is 33.5 Å². The molecule has 0 saturated heterocycles. The molecule has 12 heteroatoms. The summed E-state index contributed by atoms with van der Waals surface area (Å²) in [5, 5.41) is 2.80. The average Bonchev–Trinajstić information content (AvgIpc) is 3.45. The lowest BCUT2D eigenvalue weighted by atomic mass is 10.1. The van der Waals surface area contributed by atoms with Crippen molar-refractivity contribution >= 4 is 35.4 Å². The van der Waals surface area contributed by atoms with Crippen molar-refractivity contribution in [1.29, 1.82) is 0 Å². The summed E-state index contributed by atoms with van der Waals surface area (Å²) in [6, 6.07) is 14.4. The molecule has 0 aliphatic carbocycles. The lowest BCUT2D eigenvalue weighted by molar-refractivity contribution is -0.143. The molecule has 194 valence electrons. The number of aromatic nitrogens is 2. The standard InChI is InChI=1S/C13H11N3O3.C13H11NO5/c1-15-11(17)6-8(14-15)7-16-12(18)9-4-2-3-5-10(9)13(16)19;1-19-11(16)6-8(15)7-14-12(17)9-4-2-3-5-10(9)13(14)18/h2-6,14H,7H2,1H3;2-5H,6-7H2,1H3. The van der Waals surface area contributed by atoms with Crippen molar-refractivity contribution in [2.24, 2.45) is 7.05 Å². The number of imide groups is 2. The zero-order valence-electron chi connectivity index (χ0n) is 20.4. The Bertz CT molecular complexity index is 1480. The summed E-state index contributed by atoms with van der Waals surface area (Å²) in [6.45, 7) is -0.343. The topological polar surface area (TPSA) is 156 Å². The van der Waals surface area contributed by atoms with Gasteiger partial charge in [0.15, 0.2) is 5.78 Å². The predicted octanol–water partition coefficient (Wildman–Crippen LogP) is 0.924. The Hall–Kier alpha value is -5.13. The number of hydrogen-bond acceptors (Lipinski definition) is 8. The van der Waals surface area contributed by atoms with Crippen LogP contribution < -0.4 is 5.56 Å². The van der Waals surface area contributed by atoms with E-state index in [4.69, 9.17) is 0 Å². The fraction of sp³-hybridized carbons (Fsp3) is 0.192. The van der Waals surface area contributed by atoms with Crippen LogP contribution in [0.5, 0.6) is 0 Å². The van der Waals surface area contributed by atoms with Crippen molar-refractivity contribution in [1.82, 2.24) is 19.6 Å². The van der Waals surface area contributed by atoms with E-state index in [2.05, 4.69) is 9.84 Å². The van der Waals surface area contributed by atoms with Crippen molar-refractivity contribution in [3.8, 4) is 0 Å². The summed E-state index contributed by atoms with van der Waals surface area (Å²) in [7, 11) is 2.74. The first-order chi connectivity index (χ1) is 18.1. The third-order valence-electron chi connectivity index (χ3n) is 5.93. The molecule has 0 bridgehead atoms. The number of carbonyl (C=O) groups excluding carboxylic acids is 6. The molecule has 2 aliphatic rings. The third-order valence-corrected chi connectivity index (χ3v) is 5.93. The fourth-order valence-corrected chi connectivity index (χ4v) is 4.03. The number of benzene rings is 2. The smallest absolute Gasteiger partial charge is 0.313 e. The van der Waals surface area contributed by atoms with Gasteiger partial charge in [-0.1, -0.05) is 24.3 Å². The van der Waals surface area contributed by atoms with Gasteiger partial charge in [-0.15, -0.1) is 0 Å². The zero-order chi connectivity index (χ0) is 27.6. The molecule has 38 heavy (non-hydrogen) atoms. The molecule has 0 spiro atoms. The minimum absolute atomic E-state index is 0.0719. The van der Waals surface area contributed by atoms with E-state index >= 15 is 0 Å². The van der Waals surface area contributed by atoms with Gasteiger partial charge in [0, 0.05) is 13.1 Å². The fourth-order valence-electron chi connectivity index (χ4n) is 4.03. The normalized spacial score (nSPS) is 13.7. The van der Waals surface area contributed by atoms with Gasteiger partial charge in [0.2, 0.25) is 0 Å². The Morgan fingerprint density at radius 2 is 1.21 bits per heavy atom. The summed E-state index contributed by atoms with van der Waals surface area (Å²) in [4.78, 5) is 83.9. The van der Waals surface area contributed by atoms with Gasteiger partial charge in [-0.3, -0.25) is 53.1 Å². The molecule has 0 saturated carbocycles. The summed E-state index contributed by atoms with van der Waals surface area (Å²) in [5.41, 5.74) is 1.70. The summed E-state index contributed by atoms with van der Waals surface area (Å²) >= 11 is 0. The summed E-state index contributed by atoms with van der Waals surface area (Å²) in [6.07, 6.45) is -0.454. The van der Waals surface area contributed by atoms with Gasteiger partial charge in [-0.05, 0) is 24.3 Å². The summed E-state index contributed by atoms with van der Waals surface area (Å²) < 4.78 is 5.65. The lowest BCUT2D eigenvalue weighted by Gasteiger charge is -2.11. The second kappa shape index (κ2) is 10.5. The maximum atomic E-state index is 12.1. The molecular weight excluding hydrogens is 496 g/mol. The van der Waals surface area contributed by atoms with Gasteiger partial charge >= 0.3 is 5.97 Å². The van der Waals surface area contributed by atoms with Crippen molar-refractivity contribution in [2.45, 2.75) is 13.0 Å². The second-order valence-electron chi connectivity index (χ2n) is 8.45. The molecular formula is C26H22N4O8. The van der Waals surface area contributed by atoms with Gasteiger partial charge in [0.25, 0.3) is 29.2 Å². The first-order valence-electron chi connectivity index (χ1n) is 11.4. The number of hydrogen-bond donors (Lipinski definition) is 1. The number of H-pyrrole nitrogens is 1. The molecule has 0 fully saturated rings. The van der Waals surface area contributed by atoms with Crippen LogP contribution in [0.4, 0.5) is 0 Å². The van der Waals surface area contributed by atoms with E-state index in [-0.39, 0.29) is 35.0 Å². The van der Waals surface area contributed by atoms with Crippen molar-refractivity contribution in [2.75, 3.05) is 13.7 Å². The molecule has 5 rings (SSSR count). The van der Waals surface area contributed by atoms with E-state index in [0.29, 0.717) is 16.8 Å². The van der Waals surface area contributed by atoms with Gasteiger partial charge in [-0.25, -0.2) is 0 Å². The Balaban J connectivity index is 0.000000177. The van der Waals surface area contributed by atoms with Gasteiger partial charge < -0.3 is 4.74 Å². The number of amides is 4. The van der Waals surface area contributed by atoms with Crippen LogP contribution in [0, 0.1) is 0 Å². The number of nitrogens with one attached hydrogen (secondary N) is 1. The third kappa shape index (κ3) is 4.91. The zero-order valence-corrected chi connectivity index (χ0v) is 20.4. The molecule has 1 N–H and O–H groups in total. The number of nitrogens with zero attached hydrogens (tertiary/aromatic N) is 3. The first-order valence-corrected chi connectivity index (χ1v) is 11.4. The molecule has 0 radical (unpaired) electrons. The molecule has 3 heterocycles. The monoisotopic (exact) mass is 518 g/mol. The van der Waals surface area contributed by atoms with E-state index in [0.717, 1.165) is 16.9 Å². The molecule has 0 atom stereocenters. The number of ether oxygens (including phenoxy) is 1. The molecule has 1 aromatic heterocycles. The number of fused-ring (bicyclic) bond motifs is 2. The highest BCUT2D eigenvalue weighted by Gasteiger charge is 2.37. The van der Waals surface area contributed by atoms with Crippen LogP contribution in [0.3, 0.4) is 0 Å². The molecule has 2 aliphatic heterocycles. The highest BCUT2D eigenvalue weighted by Crippen LogP contribution is 2.24. The first kappa shape index (κ1) is 25.9. The Kier molecular flexibility index (Phi) is 7.15. The SMILES string of the molecule is COC(=O)CC(=O)CN1C(=O)c2ccccc2C1=O.Cn1[nH]c(CN2C(=O)c3ccccc3C2=O)cc1=O. The number of Topliss-reactive ketones (excluding diaryl/α,β-unsaturated/α-hetero) is 1. The van der Waals surface area contributed by atoms with Crippen LogP contribution in [0.25, 0.3) is 0 Å².